The van der Waals surface area contributed by atoms with E-state index in [9.17, 15) is 4.79 Å². The monoisotopic (exact) mass is 303 g/mol. The Balaban J connectivity index is 1.98. The fraction of sp³-hybridized carbons (Fsp3) is 0.632. The van der Waals surface area contributed by atoms with E-state index in [-0.39, 0.29) is 5.78 Å². The van der Waals surface area contributed by atoms with E-state index in [0.717, 1.165) is 36.5 Å². The van der Waals surface area contributed by atoms with Crippen molar-refractivity contribution in [2.75, 3.05) is 26.2 Å². The molecule has 1 fully saturated rings. The lowest BCUT2D eigenvalue weighted by molar-refractivity contribution is 0.0954. The molecular formula is C19H29NO2. The van der Waals surface area contributed by atoms with Gasteiger partial charge in [0.1, 0.15) is 5.75 Å². The number of hydrogen-bond donors (Lipinski definition) is 0. The van der Waals surface area contributed by atoms with Gasteiger partial charge in [-0.2, -0.15) is 0 Å². The predicted molar refractivity (Wildman–Crippen MR) is 90.8 cm³/mol. The number of piperidine rings is 1. The molecule has 0 atom stereocenters. The van der Waals surface area contributed by atoms with Gasteiger partial charge in [-0.3, -0.25) is 4.79 Å². The Bertz CT molecular complexity index is 490. The number of ketones is 1. The van der Waals surface area contributed by atoms with Crippen LogP contribution in [0.15, 0.2) is 18.2 Å². The summed E-state index contributed by atoms with van der Waals surface area (Å²) in [5.41, 5.74) is 1.86. The summed E-state index contributed by atoms with van der Waals surface area (Å²) in [5.74, 6) is 1.40. The molecule has 3 heteroatoms. The Morgan fingerprint density at radius 3 is 2.64 bits per heavy atom. The number of carbonyl (C=O) groups is 1. The van der Waals surface area contributed by atoms with Crippen molar-refractivity contribution in [2.24, 2.45) is 5.92 Å². The van der Waals surface area contributed by atoms with E-state index in [2.05, 4.69) is 18.7 Å². The molecule has 0 amide bonds. The summed E-state index contributed by atoms with van der Waals surface area (Å²) in [6, 6.07) is 5.91. The highest BCUT2D eigenvalue weighted by Crippen LogP contribution is 2.23. The third-order valence-electron chi connectivity index (χ3n) is 4.11. The molecule has 1 aromatic carbocycles. The van der Waals surface area contributed by atoms with E-state index >= 15 is 0 Å². The minimum Gasteiger partial charge on any atom is -0.493 e. The zero-order valence-electron chi connectivity index (χ0n) is 14.2. The Morgan fingerprint density at radius 1 is 1.23 bits per heavy atom. The lowest BCUT2D eigenvalue weighted by Crippen LogP contribution is -2.31. The first-order valence-corrected chi connectivity index (χ1v) is 8.55. The zero-order valence-corrected chi connectivity index (χ0v) is 14.2. The van der Waals surface area contributed by atoms with E-state index < -0.39 is 0 Å². The van der Waals surface area contributed by atoms with Crippen molar-refractivity contribution < 1.29 is 9.53 Å². The highest BCUT2D eigenvalue weighted by atomic mass is 16.5. The lowest BCUT2D eigenvalue weighted by atomic mass is 10.0. The maximum atomic E-state index is 12.6. The lowest BCUT2D eigenvalue weighted by Gasteiger charge is -2.26. The minimum atomic E-state index is 0.202. The van der Waals surface area contributed by atoms with Gasteiger partial charge in [0.15, 0.2) is 5.78 Å². The van der Waals surface area contributed by atoms with Crippen LogP contribution in [0.4, 0.5) is 0 Å². The van der Waals surface area contributed by atoms with Crippen LogP contribution in [-0.2, 0) is 0 Å². The molecule has 1 heterocycles. The number of aryl methyl sites for hydroxylation is 1. The fourth-order valence-electron chi connectivity index (χ4n) is 2.82. The first-order valence-electron chi connectivity index (χ1n) is 8.55. The number of Topliss-reactive ketones (excluding diaryl/α,β-unsaturated/α-hetero) is 1. The van der Waals surface area contributed by atoms with Crippen molar-refractivity contribution >= 4 is 5.78 Å². The summed E-state index contributed by atoms with van der Waals surface area (Å²) >= 11 is 0. The van der Waals surface area contributed by atoms with Crippen LogP contribution in [0.1, 0.15) is 55.5 Å². The number of benzene rings is 1. The van der Waals surface area contributed by atoms with Gasteiger partial charge in [-0.05, 0) is 50.9 Å². The van der Waals surface area contributed by atoms with Crippen molar-refractivity contribution in [1.82, 2.24) is 4.90 Å². The molecule has 0 saturated carbocycles. The number of rotatable bonds is 7. The van der Waals surface area contributed by atoms with Crippen LogP contribution in [0.25, 0.3) is 0 Å². The molecule has 122 valence electrons. The van der Waals surface area contributed by atoms with Crippen LogP contribution >= 0.6 is 0 Å². The van der Waals surface area contributed by atoms with Crippen LogP contribution in [-0.4, -0.2) is 36.9 Å². The maximum Gasteiger partial charge on any atom is 0.167 e. The van der Waals surface area contributed by atoms with Gasteiger partial charge >= 0.3 is 0 Å². The van der Waals surface area contributed by atoms with Crippen molar-refractivity contribution in [3.63, 3.8) is 0 Å². The molecular weight excluding hydrogens is 274 g/mol. The van der Waals surface area contributed by atoms with Crippen molar-refractivity contribution in [3.8, 4) is 5.75 Å². The average Bonchev–Trinajstić information content (AvgIpc) is 2.52. The second-order valence-electron chi connectivity index (χ2n) is 6.78. The van der Waals surface area contributed by atoms with E-state index in [1.807, 2.05) is 25.1 Å². The molecule has 0 bridgehead atoms. The predicted octanol–water partition coefficient (Wildman–Crippen LogP) is 4.09. The number of likely N-dealkylation sites (tertiary alicyclic amines) is 1. The molecule has 1 saturated heterocycles. The SMILES string of the molecule is Cc1ccc(OCC(C)C)c(C(=O)CCN2CCCCC2)c1. The van der Waals surface area contributed by atoms with Crippen LogP contribution in [0.5, 0.6) is 5.75 Å². The van der Waals surface area contributed by atoms with Gasteiger partial charge < -0.3 is 9.64 Å². The summed E-state index contributed by atoms with van der Waals surface area (Å²) in [6.07, 6.45) is 4.44. The average molecular weight is 303 g/mol. The minimum absolute atomic E-state index is 0.202. The van der Waals surface area contributed by atoms with Crippen molar-refractivity contribution in [2.45, 2.75) is 46.5 Å². The molecule has 1 aliphatic rings. The van der Waals surface area contributed by atoms with Gasteiger partial charge in [-0.25, -0.2) is 0 Å². The molecule has 0 aromatic heterocycles. The zero-order chi connectivity index (χ0) is 15.9. The number of hydrogen-bond acceptors (Lipinski definition) is 3. The van der Waals surface area contributed by atoms with Crippen molar-refractivity contribution in [1.29, 1.82) is 0 Å². The molecule has 1 aromatic rings. The molecule has 1 aliphatic heterocycles. The van der Waals surface area contributed by atoms with Crippen molar-refractivity contribution in [3.05, 3.63) is 29.3 Å². The van der Waals surface area contributed by atoms with Crippen LogP contribution in [0.2, 0.25) is 0 Å². The molecule has 0 N–H and O–H groups in total. The Hall–Kier alpha value is -1.35. The van der Waals surface area contributed by atoms with E-state index in [0.29, 0.717) is 18.9 Å². The highest BCUT2D eigenvalue weighted by Gasteiger charge is 2.16. The molecule has 22 heavy (non-hydrogen) atoms. The summed E-state index contributed by atoms with van der Waals surface area (Å²) < 4.78 is 5.83. The van der Waals surface area contributed by atoms with Gasteiger partial charge in [-0.1, -0.05) is 31.9 Å². The first-order chi connectivity index (χ1) is 10.6. The quantitative estimate of drug-likeness (QED) is 0.711. The number of ether oxygens (including phenoxy) is 1. The molecule has 2 rings (SSSR count). The highest BCUT2D eigenvalue weighted by molar-refractivity contribution is 5.99. The second kappa shape index (κ2) is 8.33. The summed E-state index contributed by atoms with van der Waals surface area (Å²) in [6.45, 7) is 10.0. The first kappa shape index (κ1) is 17.0. The molecule has 0 aliphatic carbocycles. The third-order valence-corrected chi connectivity index (χ3v) is 4.11. The van der Waals surface area contributed by atoms with Crippen LogP contribution in [0, 0.1) is 12.8 Å². The van der Waals surface area contributed by atoms with Crippen LogP contribution < -0.4 is 4.74 Å². The molecule has 0 unspecified atom stereocenters. The molecule has 0 radical (unpaired) electrons. The van der Waals surface area contributed by atoms with Gasteiger partial charge in [0.2, 0.25) is 0 Å². The van der Waals surface area contributed by atoms with E-state index in [1.54, 1.807) is 0 Å². The Kier molecular flexibility index (Phi) is 6.44. The number of carbonyl (C=O) groups excluding carboxylic acids is 1. The Labute approximate surface area is 134 Å². The summed E-state index contributed by atoms with van der Waals surface area (Å²) in [4.78, 5) is 15.0. The largest absolute Gasteiger partial charge is 0.493 e. The maximum absolute atomic E-state index is 12.6. The fourth-order valence-corrected chi connectivity index (χ4v) is 2.82. The summed E-state index contributed by atoms with van der Waals surface area (Å²) in [7, 11) is 0. The second-order valence-corrected chi connectivity index (χ2v) is 6.78. The van der Waals surface area contributed by atoms with Crippen LogP contribution in [0.3, 0.4) is 0 Å². The normalized spacial score (nSPS) is 16.0. The molecule has 0 spiro atoms. The van der Waals surface area contributed by atoms with Gasteiger partial charge in [0, 0.05) is 13.0 Å². The van der Waals surface area contributed by atoms with E-state index in [4.69, 9.17) is 4.74 Å². The van der Waals surface area contributed by atoms with E-state index in [1.165, 1.54) is 19.3 Å². The van der Waals surface area contributed by atoms with Gasteiger partial charge in [-0.15, -0.1) is 0 Å². The summed E-state index contributed by atoms with van der Waals surface area (Å²) in [5, 5.41) is 0. The number of nitrogens with zero attached hydrogens (tertiary/aromatic N) is 1. The smallest absolute Gasteiger partial charge is 0.167 e. The standard InChI is InChI=1S/C19H29NO2/c1-15(2)14-22-19-8-7-16(3)13-17(19)18(21)9-12-20-10-5-4-6-11-20/h7-8,13,15H,4-6,9-12,14H2,1-3H3. The van der Waals surface area contributed by atoms with Gasteiger partial charge in [0.05, 0.1) is 12.2 Å². The topological polar surface area (TPSA) is 29.5 Å². The Morgan fingerprint density at radius 2 is 1.95 bits per heavy atom. The van der Waals surface area contributed by atoms with Gasteiger partial charge in [0.25, 0.3) is 0 Å². The molecule has 3 nitrogen and oxygen atoms in total. The third kappa shape index (κ3) is 5.13.